The third-order valence-electron chi connectivity index (χ3n) is 3.71. The van der Waals surface area contributed by atoms with Crippen LogP contribution in [0.25, 0.3) is 22.4 Å². The molecule has 26 heavy (non-hydrogen) atoms. The monoisotopic (exact) mass is 355 g/mol. The second-order valence-corrected chi connectivity index (χ2v) is 5.29. The molecule has 0 spiro atoms. The number of nitrogens with one attached hydrogen (secondary N) is 1. The van der Waals surface area contributed by atoms with Crippen molar-refractivity contribution in [3.63, 3.8) is 0 Å². The van der Waals surface area contributed by atoms with E-state index in [0.717, 1.165) is 6.07 Å². The Kier molecular flexibility index (Phi) is 4.74. The smallest absolute Gasteiger partial charge is 0.361 e. The van der Waals surface area contributed by atoms with Gasteiger partial charge in [0.15, 0.2) is 5.69 Å². The lowest BCUT2D eigenvalue weighted by molar-refractivity contribution is 0.0519. The first-order valence-electron chi connectivity index (χ1n) is 7.73. The van der Waals surface area contributed by atoms with Crippen molar-refractivity contribution in [1.82, 2.24) is 15.4 Å². The summed E-state index contributed by atoms with van der Waals surface area (Å²) in [5.41, 5.74) is 1.42. The summed E-state index contributed by atoms with van der Waals surface area (Å²) in [6.07, 6.45) is 0. The zero-order valence-corrected chi connectivity index (χ0v) is 13.7. The molecule has 2 N–H and O–H groups in total. The highest BCUT2D eigenvalue weighted by Crippen LogP contribution is 2.33. The van der Waals surface area contributed by atoms with Crippen molar-refractivity contribution < 1.29 is 23.8 Å². The minimum absolute atomic E-state index is 0.0157. The number of aromatic nitrogens is 3. The number of nitrogens with zero attached hydrogens (tertiary/aromatic N) is 2. The lowest BCUT2D eigenvalue weighted by Crippen LogP contribution is -2.07. The molecule has 0 fully saturated rings. The summed E-state index contributed by atoms with van der Waals surface area (Å²) in [5.74, 6) is -2.82. The molecule has 0 saturated heterocycles. The second kappa shape index (κ2) is 7.14. The molecule has 3 rings (SSSR count). The number of ether oxygens (including phenoxy) is 1. The number of carboxylic acid groups (broad SMARTS) is 1. The molecule has 0 bridgehead atoms. The summed E-state index contributed by atoms with van der Waals surface area (Å²) >= 11 is 0. The number of benzene rings is 2. The summed E-state index contributed by atoms with van der Waals surface area (Å²) in [6.45, 7) is 1.87. The number of carbonyl (C=O) groups is 2. The van der Waals surface area contributed by atoms with Crippen LogP contribution in [-0.4, -0.2) is 39.1 Å². The normalized spacial score (nSPS) is 10.5. The van der Waals surface area contributed by atoms with Crippen molar-refractivity contribution in [3.8, 4) is 22.4 Å². The van der Waals surface area contributed by atoms with Crippen molar-refractivity contribution >= 4 is 11.9 Å². The Labute approximate surface area is 147 Å². The number of H-pyrrole nitrogens is 1. The third kappa shape index (κ3) is 3.16. The first-order chi connectivity index (χ1) is 12.5. The van der Waals surface area contributed by atoms with Gasteiger partial charge in [-0.25, -0.2) is 14.0 Å². The average Bonchev–Trinajstić information content (AvgIpc) is 3.11. The highest BCUT2D eigenvalue weighted by atomic mass is 19.1. The van der Waals surface area contributed by atoms with Crippen molar-refractivity contribution in [2.24, 2.45) is 0 Å². The molecule has 0 aliphatic rings. The van der Waals surface area contributed by atoms with Crippen molar-refractivity contribution in [3.05, 3.63) is 59.5 Å². The standard InChI is InChI=1S/C18H14FN3O4/c1-2-26-18(25)16-15(20-22-21-16)12-6-4-3-5-11(12)10-7-8-13(17(23)24)14(19)9-10/h3-9H,2H2,1H3,(H,23,24)(H,20,21,22). The van der Waals surface area contributed by atoms with Gasteiger partial charge in [-0.2, -0.15) is 10.3 Å². The zero-order chi connectivity index (χ0) is 18.7. The van der Waals surface area contributed by atoms with Crippen LogP contribution >= 0.6 is 0 Å². The molecule has 0 radical (unpaired) electrons. The van der Waals surface area contributed by atoms with E-state index >= 15 is 0 Å². The molecule has 2 aromatic carbocycles. The van der Waals surface area contributed by atoms with Gasteiger partial charge < -0.3 is 9.84 Å². The van der Waals surface area contributed by atoms with Crippen molar-refractivity contribution in [1.29, 1.82) is 0 Å². The second-order valence-electron chi connectivity index (χ2n) is 5.29. The maximum absolute atomic E-state index is 14.1. The largest absolute Gasteiger partial charge is 0.478 e. The van der Waals surface area contributed by atoms with Crippen LogP contribution in [0.4, 0.5) is 4.39 Å². The highest BCUT2D eigenvalue weighted by molar-refractivity contribution is 5.97. The molecule has 0 aliphatic carbocycles. The van der Waals surface area contributed by atoms with Crippen LogP contribution in [0.3, 0.4) is 0 Å². The molecule has 0 unspecified atom stereocenters. The minimum atomic E-state index is -1.34. The Morgan fingerprint density at radius 2 is 1.88 bits per heavy atom. The van der Waals surface area contributed by atoms with Gasteiger partial charge in [-0.15, -0.1) is 5.10 Å². The first kappa shape index (κ1) is 17.3. The lowest BCUT2D eigenvalue weighted by atomic mass is 9.96. The number of aromatic amines is 1. The van der Waals surface area contributed by atoms with Crippen LogP contribution < -0.4 is 0 Å². The molecule has 8 heteroatoms. The van der Waals surface area contributed by atoms with Crippen molar-refractivity contribution in [2.45, 2.75) is 6.92 Å². The van der Waals surface area contributed by atoms with Crippen LogP contribution in [0.5, 0.6) is 0 Å². The number of aromatic carboxylic acids is 1. The molecule has 132 valence electrons. The Hall–Kier alpha value is -3.55. The molecule has 0 aliphatic heterocycles. The number of hydrogen-bond donors (Lipinski definition) is 2. The van der Waals surface area contributed by atoms with E-state index in [1.165, 1.54) is 12.1 Å². The number of hydrogen-bond acceptors (Lipinski definition) is 5. The van der Waals surface area contributed by atoms with Gasteiger partial charge in [0.05, 0.1) is 12.2 Å². The van der Waals surface area contributed by atoms with Crippen LogP contribution in [-0.2, 0) is 4.74 Å². The fraction of sp³-hybridized carbons (Fsp3) is 0.111. The average molecular weight is 355 g/mol. The van der Waals surface area contributed by atoms with Gasteiger partial charge in [-0.05, 0) is 30.2 Å². The first-order valence-corrected chi connectivity index (χ1v) is 7.73. The van der Waals surface area contributed by atoms with E-state index in [9.17, 15) is 14.0 Å². The quantitative estimate of drug-likeness (QED) is 0.681. The van der Waals surface area contributed by atoms with Gasteiger partial charge >= 0.3 is 11.9 Å². The third-order valence-corrected chi connectivity index (χ3v) is 3.71. The molecule has 0 amide bonds. The van der Waals surface area contributed by atoms with Crippen LogP contribution in [0.15, 0.2) is 42.5 Å². The Morgan fingerprint density at radius 3 is 2.54 bits per heavy atom. The molecular formula is C18H14FN3O4. The van der Waals surface area contributed by atoms with Gasteiger partial charge in [-0.1, -0.05) is 30.3 Å². The van der Waals surface area contributed by atoms with Gasteiger partial charge in [0.1, 0.15) is 11.5 Å². The van der Waals surface area contributed by atoms with Gasteiger partial charge in [-0.3, -0.25) is 0 Å². The summed E-state index contributed by atoms with van der Waals surface area (Å²) in [6, 6.07) is 10.7. The van der Waals surface area contributed by atoms with Crippen LogP contribution in [0, 0.1) is 5.82 Å². The zero-order valence-electron chi connectivity index (χ0n) is 13.7. The Balaban J connectivity index is 2.11. The SMILES string of the molecule is CCOC(=O)c1n[nH]nc1-c1ccccc1-c1ccc(C(=O)O)c(F)c1. The number of halogens is 1. The number of carbonyl (C=O) groups excluding carboxylic acids is 1. The lowest BCUT2D eigenvalue weighted by Gasteiger charge is -2.09. The predicted octanol–water partition coefficient (Wildman–Crippen LogP) is 3.15. The molecule has 0 atom stereocenters. The summed E-state index contributed by atoms with van der Waals surface area (Å²) < 4.78 is 19.0. The van der Waals surface area contributed by atoms with E-state index in [4.69, 9.17) is 9.84 Å². The predicted molar refractivity (Wildman–Crippen MR) is 90.1 cm³/mol. The Morgan fingerprint density at radius 1 is 1.15 bits per heavy atom. The van der Waals surface area contributed by atoms with E-state index in [1.807, 2.05) is 0 Å². The van der Waals surface area contributed by atoms with Crippen molar-refractivity contribution in [2.75, 3.05) is 6.61 Å². The topological polar surface area (TPSA) is 105 Å². The van der Waals surface area contributed by atoms with Gasteiger partial charge in [0.25, 0.3) is 0 Å². The highest BCUT2D eigenvalue weighted by Gasteiger charge is 2.22. The number of rotatable bonds is 5. The molecule has 0 saturated carbocycles. The van der Waals surface area contributed by atoms with Crippen LogP contribution in [0.2, 0.25) is 0 Å². The van der Waals surface area contributed by atoms with E-state index in [-0.39, 0.29) is 18.0 Å². The fourth-order valence-electron chi connectivity index (χ4n) is 2.56. The minimum Gasteiger partial charge on any atom is -0.478 e. The fourth-order valence-corrected chi connectivity index (χ4v) is 2.56. The summed E-state index contributed by atoms with van der Waals surface area (Å²) in [4.78, 5) is 23.0. The van der Waals surface area contributed by atoms with E-state index < -0.39 is 23.3 Å². The van der Waals surface area contributed by atoms with Gasteiger partial charge in [0, 0.05) is 5.56 Å². The molecule has 3 aromatic rings. The molecule has 1 heterocycles. The van der Waals surface area contributed by atoms with E-state index in [0.29, 0.717) is 16.7 Å². The molecule has 1 aromatic heterocycles. The number of esters is 1. The number of carboxylic acids is 1. The summed E-state index contributed by atoms with van der Waals surface area (Å²) in [5, 5.41) is 19.2. The summed E-state index contributed by atoms with van der Waals surface area (Å²) in [7, 11) is 0. The van der Waals surface area contributed by atoms with E-state index in [2.05, 4.69) is 15.4 Å². The van der Waals surface area contributed by atoms with Crippen LogP contribution in [0.1, 0.15) is 27.8 Å². The maximum atomic E-state index is 14.1. The molecular weight excluding hydrogens is 341 g/mol. The van der Waals surface area contributed by atoms with E-state index in [1.54, 1.807) is 31.2 Å². The van der Waals surface area contributed by atoms with Gasteiger partial charge in [0.2, 0.25) is 0 Å². The Bertz CT molecular complexity index is 984. The maximum Gasteiger partial charge on any atom is 0.361 e. The molecule has 7 nitrogen and oxygen atoms in total.